The van der Waals surface area contributed by atoms with Crippen LogP contribution >= 0.6 is 0 Å². The normalized spacial score (nSPS) is 10.8. The fraction of sp³-hybridized carbons (Fsp3) is 0.294. The van der Waals surface area contributed by atoms with Gasteiger partial charge in [0.2, 0.25) is 0 Å². The Morgan fingerprint density at radius 2 is 1.29 bits per heavy atom. The van der Waals surface area contributed by atoms with Gasteiger partial charge in [-0.25, -0.2) is 4.39 Å². The first-order valence-corrected chi connectivity index (χ1v) is 13.1. The maximum Gasteiger partial charge on any atom is 0.146 e. The van der Waals surface area contributed by atoms with Crippen molar-refractivity contribution >= 4 is 10.8 Å². The number of aryl methyl sites for hydroxylation is 2. The van der Waals surface area contributed by atoms with Gasteiger partial charge in [-0.1, -0.05) is 118 Å². The quantitative estimate of drug-likeness (QED) is 0.172. The molecule has 4 aromatic rings. The zero-order valence-corrected chi connectivity index (χ0v) is 21.0. The van der Waals surface area contributed by atoms with Crippen molar-refractivity contribution in [1.82, 2.24) is 0 Å². The highest BCUT2D eigenvalue weighted by Gasteiger charge is 2.07. The minimum Gasteiger partial charge on any atom is -0.205 e. The molecule has 0 aromatic heterocycles. The summed E-state index contributed by atoms with van der Waals surface area (Å²) >= 11 is 0. The van der Waals surface area contributed by atoms with Crippen LogP contribution in [0.5, 0.6) is 0 Å². The van der Waals surface area contributed by atoms with Gasteiger partial charge < -0.3 is 0 Å². The van der Waals surface area contributed by atoms with Gasteiger partial charge in [0, 0.05) is 10.9 Å². The lowest BCUT2D eigenvalue weighted by atomic mass is 9.99. The second-order valence-corrected chi connectivity index (χ2v) is 9.42. The standard InChI is InChI=1S/C34H35F/c1-3-5-6-7-8-10-28-16-24-33-32(25-28)23-22-31(34(33)35)21-15-27-13-19-30(20-14-27)29-17-11-26(9-4-2)12-18-29/h11-14,16-20,22-25H,3-10H2,1-2H3. The van der Waals surface area contributed by atoms with Crippen LogP contribution in [-0.4, -0.2) is 0 Å². The lowest BCUT2D eigenvalue weighted by Gasteiger charge is -2.06. The third-order valence-corrected chi connectivity index (χ3v) is 6.64. The molecule has 0 fully saturated rings. The molecule has 0 atom stereocenters. The van der Waals surface area contributed by atoms with Crippen LogP contribution in [0.4, 0.5) is 4.39 Å². The molecule has 0 bridgehead atoms. The zero-order valence-electron chi connectivity index (χ0n) is 21.0. The minimum absolute atomic E-state index is 0.228. The van der Waals surface area contributed by atoms with Crippen molar-refractivity contribution in [3.05, 3.63) is 107 Å². The van der Waals surface area contributed by atoms with Gasteiger partial charge >= 0.3 is 0 Å². The number of fused-ring (bicyclic) bond motifs is 1. The van der Waals surface area contributed by atoms with Crippen LogP contribution in [0.15, 0.2) is 78.9 Å². The van der Waals surface area contributed by atoms with Gasteiger partial charge in [-0.15, -0.1) is 0 Å². The molecule has 0 spiro atoms. The number of halogens is 1. The molecular formula is C34H35F. The van der Waals surface area contributed by atoms with Crippen LogP contribution in [0.25, 0.3) is 21.9 Å². The number of hydrogen-bond acceptors (Lipinski definition) is 0. The molecule has 4 rings (SSSR count). The van der Waals surface area contributed by atoms with Gasteiger partial charge in [0.25, 0.3) is 0 Å². The minimum atomic E-state index is -0.228. The molecular weight excluding hydrogens is 427 g/mol. The molecule has 0 amide bonds. The monoisotopic (exact) mass is 462 g/mol. The number of unbranched alkanes of at least 4 members (excludes halogenated alkanes) is 4. The SMILES string of the molecule is CCCCCCCc1ccc2c(F)c(C#Cc3ccc(-c4ccc(CCC)cc4)cc3)ccc2c1. The Morgan fingerprint density at radius 1 is 0.600 bits per heavy atom. The summed E-state index contributed by atoms with van der Waals surface area (Å²) in [4.78, 5) is 0. The molecule has 0 saturated heterocycles. The molecule has 0 nitrogen and oxygen atoms in total. The molecule has 0 saturated carbocycles. The van der Waals surface area contributed by atoms with Crippen LogP contribution in [0.3, 0.4) is 0 Å². The third kappa shape index (κ3) is 6.61. The average molecular weight is 463 g/mol. The summed E-state index contributed by atoms with van der Waals surface area (Å²) in [5.74, 6) is 5.95. The number of hydrogen-bond donors (Lipinski definition) is 0. The van der Waals surface area contributed by atoms with Crippen molar-refractivity contribution in [2.24, 2.45) is 0 Å². The molecule has 0 radical (unpaired) electrons. The first-order valence-electron chi connectivity index (χ1n) is 13.1. The molecule has 0 N–H and O–H groups in total. The Morgan fingerprint density at radius 3 is 2.00 bits per heavy atom. The molecule has 0 aliphatic carbocycles. The first-order chi connectivity index (χ1) is 17.2. The van der Waals surface area contributed by atoms with Crippen molar-refractivity contribution in [2.45, 2.75) is 65.2 Å². The molecule has 0 aliphatic rings. The van der Waals surface area contributed by atoms with Gasteiger partial charge in [0.05, 0.1) is 5.56 Å². The van der Waals surface area contributed by atoms with Gasteiger partial charge in [0.1, 0.15) is 5.82 Å². The maximum atomic E-state index is 15.2. The predicted octanol–water partition coefficient (Wildman–Crippen LogP) is 9.51. The van der Waals surface area contributed by atoms with Gasteiger partial charge in [-0.05, 0) is 65.1 Å². The van der Waals surface area contributed by atoms with E-state index >= 15 is 4.39 Å². The van der Waals surface area contributed by atoms with Gasteiger partial charge in [-0.3, -0.25) is 0 Å². The summed E-state index contributed by atoms with van der Waals surface area (Å²) in [5.41, 5.74) is 6.35. The molecule has 4 aromatic carbocycles. The largest absolute Gasteiger partial charge is 0.205 e. The summed E-state index contributed by atoms with van der Waals surface area (Å²) in [6.45, 7) is 4.44. The third-order valence-electron chi connectivity index (χ3n) is 6.64. The van der Waals surface area contributed by atoms with Crippen molar-refractivity contribution in [1.29, 1.82) is 0 Å². The van der Waals surface area contributed by atoms with E-state index in [9.17, 15) is 0 Å². The van der Waals surface area contributed by atoms with Crippen LogP contribution in [0, 0.1) is 17.7 Å². The summed E-state index contributed by atoms with van der Waals surface area (Å²) in [6.07, 6.45) is 9.66. The lowest BCUT2D eigenvalue weighted by Crippen LogP contribution is -1.90. The summed E-state index contributed by atoms with van der Waals surface area (Å²) in [7, 11) is 0. The van der Waals surface area contributed by atoms with E-state index in [1.54, 1.807) is 0 Å². The summed E-state index contributed by atoms with van der Waals surface area (Å²) in [6, 6.07) is 26.8. The Hall–Kier alpha value is -3.37. The second-order valence-electron chi connectivity index (χ2n) is 9.42. The Labute approximate surface area is 210 Å². The predicted molar refractivity (Wildman–Crippen MR) is 148 cm³/mol. The molecule has 0 heterocycles. The van der Waals surface area contributed by atoms with E-state index in [1.165, 1.54) is 48.8 Å². The van der Waals surface area contributed by atoms with E-state index < -0.39 is 0 Å². The molecule has 0 aliphatic heterocycles. The van der Waals surface area contributed by atoms with E-state index in [2.05, 4.69) is 74.2 Å². The molecule has 35 heavy (non-hydrogen) atoms. The molecule has 0 unspecified atom stereocenters. The fourth-order valence-corrected chi connectivity index (χ4v) is 4.56. The van der Waals surface area contributed by atoms with Crippen molar-refractivity contribution in [3.8, 4) is 23.0 Å². The summed E-state index contributed by atoms with van der Waals surface area (Å²) < 4.78 is 15.2. The Balaban J connectivity index is 1.45. The second kappa shape index (κ2) is 12.4. The van der Waals surface area contributed by atoms with Crippen LogP contribution < -0.4 is 0 Å². The number of rotatable bonds is 9. The van der Waals surface area contributed by atoms with Crippen LogP contribution in [0.2, 0.25) is 0 Å². The Kier molecular flexibility index (Phi) is 8.74. The molecule has 178 valence electrons. The first kappa shape index (κ1) is 24.7. The number of benzene rings is 4. The van der Waals surface area contributed by atoms with E-state index in [0.717, 1.165) is 35.8 Å². The highest BCUT2D eigenvalue weighted by Crippen LogP contribution is 2.24. The highest BCUT2D eigenvalue weighted by molar-refractivity contribution is 5.85. The van der Waals surface area contributed by atoms with Crippen LogP contribution in [-0.2, 0) is 12.8 Å². The lowest BCUT2D eigenvalue weighted by molar-refractivity contribution is 0.631. The van der Waals surface area contributed by atoms with Crippen molar-refractivity contribution < 1.29 is 4.39 Å². The van der Waals surface area contributed by atoms with Crippen LogP contribution in [0.1, 0.15) is 74.6 Å². The van der Waals surface area contributed by atoms with E-state index in [1.807, 2.05) is 30.3 Å². The summed E-state index contributed by atoms with van der Waals surface area (Å²) in [5, 5.41) is 1.60. The zero-order chi connectivity index (χ0) is 24.5. The smallest absolute Gasteiger partial charge is 0.146 e. The molecule has 1 heteroatoms. The van der Waals surface area contributed by atoms with Gasteiger partial charge in [-0.2, -0.15) is 0 Å². The van der Waals surface area contributed by atoms with E-state index in [4.69, 9.17) is 0 Å². The van der Waals surface area contributed by atoms with Crippen molar-refractivity contribution in [2.75, 3.05) is 0 Å². The van der Waals surface area contributed by atoms with E-state index in [-0.39, 0.29) is 5.82 Å². The van der Waals surface area contributed by atoms with Gasteiger partial charge in [0.15, 0.2) is 0 Å². The van der Waals surface area contributed by atoms with Crippen molar-refractivity contribution in [3.63, 3.8) is 0 Å². The average Bonchev–Trinajstić information content (AvgIpc) is 2.89. The topological polar surface area (TPSA) is 0 Å². The maximum absolute atomic E-state index is 15.2. The highest BCUT2D eigenvalue weighted by atomic mass is 19.1. The van der Waals surface area contributed by atoms with E-state index in [0.29, 0.717) is 10.9 Å². The fourth-order valence-electron chi connectivity index (χ4n) is 4.56. The Bertz CT molecular complexity index is 1300.